The van der Waals surface area contributed by atoms with E-state index in [9.17, 15) is 4.79 Å². The zero-order valence-electron chi connectivity index (χ0n) is 12.6. The summed E-state index contributed by atoms with van der Waals surface area (Å²) in [5, 5.41) is 7.74. The van der Waals surface area contributed by atoms with Crippen LogP contribution in [0.15, 0.2) is 0 Å². The van der Waals surface area contributed by atoms with E-state index < -0.39 is 6.04 Å². The average molecular weight is 281 g/mol. The molecule has 1 aromatic heterocycles. The number of aromatic nitrogens is 2. The molecule has 20 heavy (non-hydrogen) atoms. The van der Waals surface area contributed by atoms with Gasteiger partial charge >= 0.3 is 5.97 Å². The molecule has 1 aliphatic carbocycles. The average Bonchev–Trinajstić information content (AvgIpc) is 3.02. The van der Waals surface area contributed by atoms with E-state index in [2.05, 4.69) is 10.4 Å². The second-order valence-electron chi connectivity index (χ2n) is 5.24. The number of methoxy groups -OCH3 is 2. The second-order valence-corrected chi connectivity index (χ2v) is 5.24. The minimum atomic E-state index is -0.522. The first kappa shape index (κ1) is 14.8. The highest BCUT2D eigenvalue weighted by molar-refractivity contribution is 5.78. The van der Waals surface area contributed by atoms with Gasteiger partial charge in [0, 0.05) is 13.1 Å². The first-order valence-corrected chi connectivity index (χ1v) is 6.99. The fourth-order valence-electron chi connectivity index (χ4n) is 2.94. The van der Waals surface area contributed by atoms with E-state index in [0.717, 1.165) is 24.1 Å². The van der Waals surface area contributed by atoms with Crippen LogP contribution < -0.4 is 10.1 Å². The number of hydrogen-bond donors (Lipinski definition) is 1. The third-order valence-electron chi connectivity index (χ3n) is 3.89. The summed E-state index contributed by atoms with van der Waals surface area (Å²) in [6.07, 6.45) is 4.59. The predicted molar refractivity (Wildman–Crippen MR) is 74.6 cm³/mol. The largest absolute Gasteiger partial charge is 0.481 e. The van der Waals surface area contributed by atoms with Gasteiger partial charge in [0.2, 0.25) is 5.88 Å². The Morgan fingerprint density at radius 1 is 1.40 bits per heavy atom. The molecule has 1 fully saturated rings. The number of aryl methyl sites for hydroxylation is 2. The molecular weight excluding hydrogens is 258 g/mol. The van der Waals surface area contributed by atoms with Crippen molar-refractivity contribution in [2.75, 3.05) is 14.2 Å². The van der Waals surface area contributed by atoms with Gasteiger partial charge in [-0.1, -0.05) is 12.8 Å². The first-order chi connectivity index (χ1) is 9.58. The molecule has 1 aromatic rings. The maximum Gasteiger partial charge on any atom is 0.327 e. The number of rotatable bonds is 5. The Balaban J connectivity index is 2.32. The molecule has 6 heteroatoms. The van der Waals surface area contributed by atoms with Crippen LogP contribution in [0.2, 0.25) is 0 Å². The highest BCUT2D eigenvalue weighted by Crippen LogP contribution is 2.31. The molecule has 2 rings (SSSR count). The summed E-state index contributed by atoms with van der Waals surface area (Å²) in [5.41, 5.74) is 1.55. The van der Waals surface area contributed by atoms with Crippen LogP contribution in [0.1, 0.15) is 43.0 Å². The van der Waals surface area contributed by atoms with Crippen molar-refractivity contribution in [3.8, 4) is 5.88 Å². The number of hydrogen-bond acceptors (Lipinski definition) is 5. The van der Waals surface area contributed by atoms with Crippen molar-refractivity contribution in [3.05, 3.63) is 11.3 Å². The Labute approximate surface area is 119 Å². The van der Waals surface area contributed by atoms with Gasteiger partial charge in [0.05, 0.1) is 25.5 Å². The normalized spacial score (nSPS) is 17.2. The summed E-state index contributed by atoms with van der Waals surface area (Å²) in [6.45, 7) is 1.88. The molecule has 1 N–H and O–H groups in total. The lowest BCUT2D eigenvalue weighted by atomic mass is 10.1. The third-order valence-corrected chi connectivity index (χ3v) is 3.89. The van der Waals surface area contributed by atoms with E-state index >= 15 is 0 Å². The second kappa shape index (κ2) is 6.26. The van der Waals surface area contributed by atoms with Crippen LogP contribution in [-0.2, 0) is 16.6 Å². The highest BCUT2D eigenvalue weighted by Gasteiger charge is 2.32. The quantitative estimate of drug-likeness (QED) is 0.828. The number of nitrogens with zero attached hydrogens (tertiary/aromatic N) is 2. The molecule has 112 valence electrons. The molecule has 1 heterocycles. The predicted octanol–water partition coefficient (Wildman–Crippen LogP) is 1.48. The summed E-state index contributed by atoms with van der Waals surface area (Å²) in [7, 11) is 4.80. The summed E-state index contributed by atoms with van der Waals surface area (Å²) >= 11 is 0. The van der Waals surface area contributed by atoms with E-state index in [1.54, 1.807) is 18.8 Å². The van der Waals surface area contributed by atoms with Crippen LogP contribution in [0, 0.1) is 6.92 Å². The SMILES string of the molecule is COC(=O)C(NC1CCCC1)c1c(C)nn(C)c1OC. The Morgan fingerprint density at radius 3 is 2.60 bits per heavy atom. The van der Waals surface area contributed by atoms with E-state index in [-0.39, 0.29) is 5.97 Å². The lowest BCUT2D eigenvalue weighted by Crippen LogP contribution is -2.36. The molecule has 0 amide bonds. The number of carbonyl (C=O) groups is 1. The summed E-state index contributed by atoms with van der Waals surface area (Å²) < 4.78 is 12.0. The van der Waals surface area contributed by atoms with Crippen LogP contribution in [-0.4, -0.2) is 36.0 Å². The van der Waals surface area contributed by atoms with Crippen molar-refractivity contribution < 1.29 is 14.3 Å². The molecule has 6 nitrogen and oxygen atoms in total. The molecule has 0 spiro atoms. The topological polar surface area (TPSA) is 65.4 Å². The maximum absolute atomic E-state index is 12.2. The van der Waals surface area contributed by atoms with Gasteiger partial charge in [0.15, 0.2) is 0 Å². The van der Waals surface area contributed by atoms with Gasteiger partial charge in [-0.25, -0.2) is 9.48 Å². The van der Waals surface area contributed by atoms with E-state index in [1.807, 2.05) is 6.92 Å². The Morgan fingerprint density at radius 2 is 2.05 bits per heavy atom. The summed E-state index contributed by atoms with van der Waals surface area (Å²) in [4.78, 5) is 12.2. The molecule has 1 unspecified atom stereocenters. The van der Waals surface area contributed by atoms with Gasteiger partial charge in [-0.05, 0) is 19.8 Å². The number of esters is 1. The molecular formula is C14H23N3O3. The molecule has 1 atom stereocenters. The van der Waals surface area contributed by atoms with Crippen molar-refractivity contribution in [1.82, 2.24) is 15.1 Å². The van der Waals surface area contributed by atoms with Crippen LogP contribution in [0.4, 0.5) is 0 Å². The lowest BCUT2D eigenvalue weighted by Gasteiger charge is -2.21. The van der Waals surface area contributed by atoms with E-state index in [0.29, 0.717) is 11.9 Å². The van der Waals surface area contributed by atoms with Crippen molar-refractivity contribution in [2.45, 2.75) is 44.7 Å². The molecule has 0 bridgehead atoms. The van der Waals surface area contributed by atoms with Crippen molar-refractivity contribution in [2.24, 2.45) is 7.05 Å². The summed E-state index contributed by atoms with van der Waals surface area (Å²) in [5.74, 6) is 0.301. The van der Waals surface area contributed by atoms with Crippen LogP contribution in [0.3, 0.4) is 0 Å². The Bertz CT molecular complexity index is 478. The monoisotopic (exact) mass is 281 g/mol. The molecule has 0 aromatic carbocycles. The van der Waals surface area contributed by atoms with Crippen LogP contribution >= 0.6 is 0 Å². The Kier molecular flexibility index (Phi) is 4.65. The van der Waals surface area contributed by atoms with Crippen LogP contribution in [0.5, 0.6) is 5.88 Å². The molecule has 0 aliphatic heterocycles. The van der Waals surface area contributed by atoms with Gasteiger partial charge < -0.3 is 9.47 Å². The van der Waals surface area contributed by atoms with Crippen molar-refractivity contribution in [1.29, 1.82) is 0 Å². The Hall–Kier alpha value is -1.56. The van der Waals surface area contributed by atoms with E-state index in [1.165, 1.54) is 20.0 Å². The first-order valence-electron chi connectivity index (χ1n) is 6.99. The molecule has 0 saturated heterocycles. The number of nitrogens with one attached hydrogen (secondary N) is 1. The van der Waals surface area contributed by atoms with Crippen molar-refractivity contribution >= 4 is 5.97 Å². The van der Waals surface area contributed by atoms with Gasteiger partial charge in [0.1, 0.15) is 6.04 Å². The molecule has 1 saturated carbocycles. The van der Waals surface area contributed by atoms with Gasteiger partial charge in [-0.15, -0.1) is 0 Å². The fraction of sp³-hybridized carbons (Fsp3) is 0.714. The maximum atomic E-state index is 12.2. The third kappa shape index (κ3) is 2.80. The van der Waals surface area contributed by atoms with Crippen LogP contribution in [0.25, 0.3) is 0 Å². The van der Waals surface area contributed by atoms with E-state index in [4.69, 9.17) is 9.47 Å². The minimum Gasteiger partial charge on any atom is -0.481 e. The fourth-order valence-corrected chi connectivity index (χ4v) is 2.94. The lowest BCUT2D eigenvalue weighted by molar-refractivity contribution is -0.143. The number of carbonyl (C=O) groups excluding carboxylic acids is 1. The van der Waals surface area contributed by atoms with Gasteiger partial charge in [-0.2, -0.15) is 5.10 Å². The summed E-state index contributed by atoms with van der Waals surface area (Å²) in [6, 6.07) is -0.171. The number of ether oxygens (including phenoxy) is 2. The standard InChI is InChI=1S/C14H23N3O3/c1-9-11(13(19-3)17(2)16-9)12(14(18)20-4)15-10-7-5-6-8-10/h10,12,15H,5-8H2,1-4H3. The zero-order valence-corrected chi connectivity index (χ0v) is 12.6. The smallest absolute Gasteiger partial charge is 0.327 e. The zero-order chi connectivity index (χ0) is 14.7. The van der Waals surface area contributed by atoms with Crippen molar-refractivity contribution in [3.63, 3.8) is 0 Å². The van der Waals surface area contributed by atoms with Gasteiger partial charge in [0.25, 0.3) is 0 Å². The molecule has 1 aliphatic rings. The molecule has 0 radical (unpaired) electrons. The minimum absolute atomic E-state index is 0.300. The highest BCUT2D eigenvalue weighted by atomic mass is 16.5. The van der Waals surface area contributed by atoms with Gasteiger partial charge in [-0.3, -0.25) is 5.32 Å².